The molecule has 4 nitrogen and oxygen atoms in total. The molecule has 1 atom stereocenters. The number of ether oxygens (including phenoxy) is 1. The van der Waals surface area contributed by atoms with Crippen molar-refractivity contribution < 1.29 is 4.74 Å². The maximum absolute atomic E-state index is 4.98. The Balaban J connectivity index is 2.70. The van der Waals surface area contributed by atoms with Crippen LogP contribution in [0.3, 0.4) is 0 Å². The van der Waals surface area contributed by atoms with Gasteiger partial charge in [-0.1, -0.05) is 13.0 Å². The van der Waals surface area contributed by atoms with Crippen LogP contribution in [0.4, 0.5) is 0 Å². The highest BCUT2D eigenvalue weighted by molar-refractivity contribution is 5.14. The Bertz CT molecular complexity index is 311. The van der Waals surface area contributed by atoms with Crippen molar-refractivity contribution in [2.75, 3.05) is 13.7 Å². The number of aromatic nitrogens is 2. The Hall–Kier alpha value is -1.42. The first-order chi connectivity index (χ1) is 7.81. The van der Waals surface area contributed by atoms with E-state index in [1.807, 2.05) is 18.2 Å². The van der Waals surface area contributed by atoms with Crippen molar-refractivity contribution >= 4 is 0 Å². The topological polar surface area (TPSA) is 47.0 Å². The first-order valence-electron chi connectivity index (χ1n) is 5.53. The predicted molar refractivity (Wildman–Crippen MR) is 64.4 cm³/mol. The Kier molecular flexibility index (Phi) is 5.50. The maximum atomic E-state index is 4.98. The van der Waals surface area contributed by atoms with Crippen molar-refractivity contribution in [1.29, 1.82) is 0 Å². The summed E-state index contributed by atoms with van der Waals surface area (Å²) >= 11 is 0. The van der Waals surface area contributed by atoms with E-state index in [9.17, 15) is 0 Å². The van der Waals surface area contributed by atoms with E-state index < -0.39 is 0 Å². The van der Waals surface area contributed by atoms with E-state index in [1.165, 1.54) is 0 Å². The molecule has 0 aliphatic carbocycles. The molecular formula is C12H19N3O. The summed E-state index contributed by atoms with van der Waals surface area (Å²) in [5, 5.41) is 11.5. The Morgan fingerprint density at radius 2 is 2.31 bits per heavy atom. The van der Waals surface area contributed by atoms with Crippen molar-refractivity contribution in [3.63, 3.8) is 0 Å². The molecule has 0 aromatic carbocycles. The van der Waals surface area contributed by atoms with Gasteiger partial charge in [-0.25, -0.2) is 0 Å². The van der Waals surface area contributed by atoms with Crippen molar-refractivity contribution in [2.24, 2.45) is 0 Å². The number of nitrogens with zero attached hydrogens (tertiary/aromatic N) is 2. The number of rotatable bonds is 7. The lowest BCUT2D eigenvalue weighted by Gasteiger charge is -2.15. The van der Waals surface area contributed by atoms with E-state index in [2.05, 4.69) is 29.0 Å². The van der Waals surface area contributed by atoms with E-state index >= 15 is 0 Å². The third kappa shape index (κ3) is 3.62. The summed E-state index contributed by atoms with van der Waals surface area (Å²) in [4.78, 5) is 0. The number of hydrogen-bond donors (Lipinski definition) is 1. The fourth-order valence-electron chi connectivity index (χ4n) is 1.42. The second-order valence-electron chi connectivity index (χ2n) is 3.53. The van der Waals surface area contributed by atoms with Gasteiger partial charge in [0.2, 0.25) is 5.88 Å². The molecule has 4 heteroatoms. The van der Waals surface area contributed by atoms with E-state index in [4.69, 9.17) is 4.74 Å². The van der Waals surface area contributed by atoms with Gasteiger partial charge in [0.05, 0.1) is 18.8 Å². The second-order valence-corrected chi connectivity index (χ2v) is 3.53. The summed E-state index contributed by atoms with van der Waals surface area (Å²) in [6.07, 6.45) is 3.83. The third-order valence-corrected chi connectivity index (χ3v) is 2.27. The van der Waals surface area contributed by atoms with Crippen LogP contribution in [0.1, 0.15) is 31.5 Å². The van der Waals surface area contributed by atoms with Gasteiger partial charge < -0.3 is 10.1 Å². The summed E-state index contributed by atoms with van der Waals surface area (Å²) in [6.45, 7) is 6.86. The highest BCUT2D eigenvalue weighted by atomic mass is 16.5. The lowest BCUT2D eigenvalue weighted by Crippen LogP contribution is -2.22. The normalized spacial score (nSPS) is 12.1. The minimum absolute atomic E-state index is 0.191. The highest BCUT2D eigenvalue weighted by Gasteiger charge is 2.10. The zero-order chi connectivity index (χ0) is 11.8. The minimum Gasteiger partial charge on any atom is -0.480 e. The Labute approximate surface area is 96.7 Å². The first-order valence-corrected chi connectivity index (χ1v) is 5.53. The van der Waals surface area contributed by atoms with E-state index in [-0.39, 0.29) is 6.04 Å². The predicted octanol–water partition coefficient (Wildman–Crippen LogP) is 2.10. The molecule has 1 rings (SSSR count). The first kappa shape index (κ1) is 12.6. The average molecular weight is 221 g/mol. The molecule has 0 spiro atoms. The molecule has 1 unspecified atom stereocenters. The molecule has 0 saturated carbocycles. The van der Waals surface area contributed by atoms with Gasteiger partial charge in [-0.15, -0.1) is 11.7 Å². The molecular weight excluding hydrogens is 202 g/mol. The number of methoxy groups -OCH3 is 1. The molecule has 0 bridgehead atoms. The molecule has 0 saturated heterocycles. The maximum Gasteiger partial charge on any atom is 0.233 e. The van der Waals surface area contributed by atoms with Crippen LogP contribution in [0.5, 0.6) is 5.88 Å². The van der Waals surface area contributed by atoms with Crippen LogP contribution in [-0.2, 0) is 0 Å². The van der Waals surface area contributed by atoms with Crippen LogP contribution in [0.2, 0.25) is 0 Å². The van der Waals surface area contributed by atoms with Gasteiger partial charge in [-0.2, -0.15) is 5.10 Å². The van der Waals surface area contributed by atoms with Crippen molar-refractivity contribution in [2.45, 2.75) is 25.8 Å². The molecule has 0 aliphatic heterocycles. The van der Waals surface area contributed by atoms with Crippen molar-refractivity contribution in [3.05, 3.63) is 30.5 Å². The van der Waals surface area contributed by atoms with Gasteiger partial charge >= 0.3 is 0 Å². The summed E-state index contributed by atoms with van der Waals surface area (Å²) in [6, 6.07) is 3.95. The zero-order valence-corrected chi connectivity index (χ0v) is 9.94. The smallest absolute Gasteiger partial charge is 0.233 e. The highest BCUT2D eigenvalue weighted by Crippen LogP contribution is 2.15. The van der Waals surface area contributed by atoms with Crippen LogP contribution in [0.15, 0.2) is 24.8 Å². The molecule has 1 N–H and O–H groups in total. The molecule has 1 aromatic rings. The molecule has 1 aromatic heterocycles. The zero-order valence-electron chi connectivity index (χ0n) is 9.94. The van der Waals surface area contributed by atoms with Crippen LogP contribution >= 0.6 is 0 Å². The Morgan fingerprint density at radius 1 is 1.50 bits per heavy atom. The van der Waals surface area contributed by atoms with Gasteiger partial charge in [0.15, 0.2) is 0 Å². The van der Waals surface area contributed by atoms with Crippen molar-refractivity contribution in [3.8, 4) is 5.88 Å². The van der Waals surface area contributed by atoms with Gasteiger partial charge in [0, 0.05) is 6.07 Å². The fraction of sp³-hybridized carbons (Fsp3) is 0.500. The van der Waals surface area contributed by atoms with Crippen molar-refractivity contribution in [1.82, 2.24) is 15.5 Å². The second kappa shape index (κ2) is 6.95. The van der Waals surface area contributed by atoms with E-state index in [1.54, 1.807) is 7.11 Å². The minimum atomic E-state index is 0.191. The third-order valence-electron chi connectivity index (χ3n) is 2.27. The summed E-state index contributed by atoms with van der Waals surface area (Å²) in [5.74, 6) is 0.539. The molecule has 88 valence electrons. The Morgan fingerprint density at radius 3 is 2.81 bits per heavy atom. The summed E-state index contributed by atoms with van der Waals surface area (Å²) < 4.78 is 4.98. The molecule has 1 heterocycles. The summed E-state index contributed by atoms with van der Waals surface area (Å²) in [5.41, 5.74) is 0.925. The number of hydrogen-bond acceptors (Lipinski definition) is 4. The van der Waals surface area contributed by atoms with Gasteiger partial charge in [-0.05, 0) is 25.5 Å². The average Bonchev–Trinajstić information content (AvgIpc) is 2.35. The van der Waals surface area contributed by atoms with Gasteiger partial charge in [0.1, 0.15) is 0 Å². The monoisotopic (exact) mass is 221 g/mol. The van der Waals surface area contributed by atoms with Gasteiger partial charge in [-0.3, -0.25) is 0 Å². The summed E-state index contributed by atoms with van der Waals surface area (Å²) in [7, 11) is 1.58. The van der Waals surface area contributed by atoms with E-state index in [0.717, 1.165) is 25.1 Å². The quantitative estimate of drug-likeness (QED) is 0.716. The van der Waals surface area contributed by atoms with Crippen LogP contribution in [0, 0.1) is 0 Å². The SMILES string of the molecule is C=CCC(NCCC)c1ccc(OC)nn1. The van der Waals surface area contributed by atoms with Crippen LogP contribution < -0.4 is 10.1 Å². The largest absolute Gasteiger partial charge is 0.480 e. The standard InChI is InChI=1S/C12H19N3O/c1-4-6-10(13-9-5-2)11-7-8-12(16-3)15-14-11/h4,7-8,10,13H,1,5-6,9H2,2-3H3. The molecule has 0 radical (unpaired) electrons. The number of nitrogens with one attached hydrogen (secondary N) is 1. The molecule has 0 amide bonds. The lowest BCUT2D eigenvalue weighted by atomic mass is 10.1. The van der Waals surface area contributed by atoms with Crippen LogP contribution in [-0.4, -0.2) is 23.9 Å². The van der Waals surface area contributed by atoms with Gasteiger partial charge in [0.25, 0.3) is 0 Å². The van der Waals surface area contributed by atoms with E-state index in [0.29, 0.717) is 5.88 Å². The van der Waals surface area contributed by atoms with Crippen LogP contribution in [0.25, 0.3) is 0 Å². The lowest BCUT2D eigenvalue weighted by molar-refractivity contribution is 0.389. The molecule has 16 heavy (non-hydrogen) atoms. The molecule has 0 aliphatic rings. The molecule has 0 fully saturated rings. The fourth-order valence-corrected chi connectivity index (χ4v) is 1.42.